The summed E-state index contributed by atoms with van der Waals surface area (Å²) in [5, 5.41) is 15.5. The molecule has 41 heavy (non-hydrogen) atoms. The summed E-state index contributed by atoms with van der Waals surface area (Å²) < 4.78 is 63.0. The molecule has 5 rings (SSSR count). The highest BCUT2D eigenvalue weighted by molar-refractivity contribution is 5.75. The summed E-state index contributed by atoms with van der Waals surface area (Å²) in [4.78, 5) is 26.8. The number of aromatic nitrogens is 4. The molecule has 2 unspecified atom stereocenters. The lowest BCUT2D eigenvalue weighted by molar-refractivity contribution is -0.151. The Bertz CT molecular complexity index is 1570. The average molecular weight is 572 g/mol. The zero-order chi connectivity index (χ0) is 29.3. The molecule has 0 saturated heterocycles. The van der Waals surface area contributed by atoms with Crippen LogP contribution in [0.25, 0.3) is 22.8 Å². The van der Waals surface area contributed by atoms with Crippen LogP contribution in [0.15, 0.2) is 66.7 Å². The maximum absolute atomic E-state index is 14.3. The number of aliphatic carboxylic acids is 1. The van der Waals surface area contributed by atoms with E-state index in [1.54, 1.807) is 13.0 Å². The first-order valence-corrected chi connectivity index (χ1v) is 12.8. The number of halogens is 4. The Morgan fingerprint density at radius 2 is 1.90 bits per heavy atom. The second kappa shape index (κ2) is 11.2. The van der Waals surface area contributed by atoms with Crippen LogP contribution in [0.3, 0.4) is 0 Å². The fourth-order valence-corrected chi connectivity index (χ4v) is 4.56. The van der Waals surface area contributed by atoms with Crippen LogP contribution >= 0.6 is 0 Å². The molecule has 1 N–H and O–H groups in total. The number of likely N-dealkylation sites (N-methyl/N-ethyl adjacent to an activating group) is 1. The van der Waals surface area contributed by atoms with Gasteiger partial charge in [-0.1, -0.05) is 25.1 Å². The summed E-state index contributed by atoms with van der Waals surface area (Å²) >= 11 is 0. The first kappa shape index (κ1) is 28.0. The van der Waals surface area contributed by atoms with Crippen LogP contribution in [-0.4, -0.2) is 49.0 Å². The van der Waals surface area contributed by atoms with Crippen LogP contribution in [-0.2, 0) is 15.8 Å². The number of hydroxylamine groups is 2. The van der Waals surface area contributed by atoms with E-state index < -0.39 is 35.6 Å². The van der Waals surface area contributed by atoms with E-state index >= 15 is 0 Å². The Morgan fingerprint density at radius 3 is 2.59 bits per heavy atom. The van der Waals surface area contributed by atoms with Gasteiger partial charge in [0.15, 0.2) is 11.6 Å². The molecule has 0 aromatic heterocycles. The van der Waals surface area contributed by atoms with Crippen molar-refractivity contribution < 1.29 is 37.0 Å². The van der Waals surface area contributed by atoms with E-state index in [-0.39, 0.29) is 47.3 Å². The SMILES string of the molecule is CCCOc1ccc(C2C=C(C(C(=O)O)n3cc4nc(-c5ccccc5F)nc-4cn3)ON2CC)c(C(F)(F)F)c1. The maximum Gasteiger partial charge on any atom is 0.416 e. The second-order valence-corrected chi connectivity index (χ2v) is 9.23. The van der Waals surface area contributed by atoms with E-state index in [0.717, 1.165) is 10.7 Å². The third-order valence-electron chi connectivity index (χ3n) is 6.45. The third-order valence-corrected chi connectivity index (χ3v) is 6.45. The summed E-state index contributed by atoms with van der Waals surface area (Å²) in [7, 11) is 0. The lowest BCUT2D eigenvalue weighted by Gasteiger charge is -2.25. The van der Waals surface area contributed by atoms with Crippen molar-refractivity contribution in [3.05, 3.63) is 83.6 Å². The first-order valence-electron chi connectivity index (χ1n) is 12.8. The molecule has 214 valence electrons. The van der Waals surface area contributed by atoms with E-state index in [2.05, 4.69) is 15.1 Å². The standard InChI is InChI=1S/C28H25F4N5O4/c1-3-11-40-16-9-10-17(19(12-16)28(30,31)32)23-13-24(41-37(23)4-2)25(27(38)39)36-15-22-21(14-33-36)34-26(35-22)18-7-5-6-8-20(18)29/h5-10,12-15,23,25H,3-4,11H2,1-2H3,(H,38,39). The molecule has 3 heterocycles. The van der Waals surface area contributed by atoms with Crippen molar-refractivity contribution in [1.82, 2.24) is 24.8 Å². The van der Waals surface area contributed by atoms with Crippen molar-refractivity contribution in [2.45, 2.75) is 38.5 Å². The number of ether oxygens (including phenoxy) is 1. The van der Waals surface area contributed by atoms with Crippen molar-refractivity contribution in [1.29, 1.82) is 0 Å². The number of imidazole rings is 1. The molecule has 2 aromatic carbocycles. The predicted molar refractivity (Wildman–Crippen MR) is 138 cm³/mol. The van der Waals surface area contributed by atoms with Gasteiger partial charge in [0, 0.05) is 6.54 Å². The lowest BCUT2D eigenvalue weighted by atomic mass is 9.98. The Morgan fingerprint density at radius 1 is 1.15 bits per heavy atom. The van der Waals surface area contributed by atoms with E-state index in [4.69, 9.17) is 9.57 Å². The van der Waals surface area contributed by atoms with Crippen LogP contribution in [0.2, 0.25) is 0 Å². The number of rotatable bonds is 9. The number of hydrogen-bond acceptors (Lipinski definition) is 7. The van der Waals surface area contributed by atoms with Crippen LogP contribution in [0.4, 0.5) is 17.6 Å². The van der Waals surface area contributed by atoms with Crippen molar-refractivity contribution in [2.24, 2.45) is 0 Å². The third kappa shape index (κ3) is 5.57. The number of hydrogen-bond donors (Lipinski definition) is 1. The highest BCUT2D eigenvalue weighted by Crippen LogP contribution is 2.43. The molecule has 9 nitrogen and oxygen atoms in total. The van der Waals surface area contributed by atoms with Gasteiger partial charge in [-0.15, -0.1) is 5.06 Å². The second-order valence-electron chi connectivity index (χ2n) is 9.23. The van der Waals surface area contributed by atoms with Crippen LogP contribution in [0.1, 0.15) is 43.5 Å². The van der Waals surface area contributed by atoms with Crippen molar-refractivity contribution in [2.75, 3.05) is 13.2 Å². The number of alkyl halides is 3. The minimum Gasteiger partial charge on any atom is -0.494 e. The molecule has 0 spiro atoms. The molecule has 0 amide bonds. The zero-order valence-electron chi connectivity index (χ0n) is 22.0. The molecule has 3 aliphatic heterocycles. The van der Waals surface area contributed by atoms with E-state index in [1.807, 2.05) is 6.92 Å². The molecule has 0 bridgehead atoms. The van der Waals surface area contributed by atoms with Crippen molar-refractivity contribution >= 4 is 5.97 Å². The summed E-state index contributed by atoms with van der Waals surface area (Å²) in [6, 6.07) is 7.06. The van der Waals surface area contributed by atoms with Gasteiger partial charge in [0.1, 0.15) is 23.0 Å². The van der Waals surface area contributed by atoms with Crippen molar-refractivity contribution in [3.8, 4) is 28.5 Å². The topological polar surface area (TPSA) is 103 Å². The molecule has 2 aromatic rings. The normalized spacial score (nSPS) is 16.4. The molecular weight excluding hydrogens is 546 g/mol. The van der Waals surface area contributed by atoms with Gasteiger partial charge in [-0.3, -0.25) is 0 Å². The first-order chi connectivity index (χ1) is 19.6. The molecule has 0 radical (unpaired) electrons. The smallest absolute Gasteiger partial charge is 0.416 e. The molecule has 0 aliphatic carbocycles. The highest BCUT2D eigenvalue weighted by atomic mass is 19.4. The van der Waals surface area contributed by atoms with Gasteiger partial charge in [0.25, 0.3) is 0 Å². The Balaban J connectivity index is 1.53. The van der Waals surface area contributed by atoms with Crippen LogP contribution in [0, 0.1) is 5.82 Å². The van der Waals surface area contributed by atoms with E-state index in [0.29, 0.717) is 12.1 Å². The molecular formula is C28H25F4N5O4. The van der Waals surface area contributed by atoms with Gasteiger partial charge < -0.3 is 14.7 Å². The largest absolute Gasteiger partial charge is 0.494 e. The molecule has 3 aliphatic rings. The zero-order valence-corrected chi connectivity index (χ0v) is 22.0. The molecule has 0 fully saturated rings. The number of fused-ring (bicyclic) bond motifs is 1. The Labute approximate surface area is 232 Å². The maximum atomic E-state index is 14.3. The number of carboxylic acids is 1. The van der Waals surface area contributed by atoms with Gasteiger partial charge in [-0.05, 0) is 49.2 Å². The quantitative estimate of drug-likeness (QED) is 0.248. The average Bonchev–Trinajstić information content (AvgIpc) is 3.55. The fourth-order valence-electron chi connectivity index (χ4n) is 4.56. The van der Waals surface area contributed by atoms with E-state index in [1.165, 1.54) is 53.9 Å². The predicted octanol–water partition coefficient (Wildman–Crippen LogP) is 5.91. The summed E-state index contributed by atoms with van der Waals surface area (Å²) in [5.74, 6) is -1.84. The number of nitrogens with zero attached hydrogens (tertiary/aromatic N) is 5. The molecule has 13 heteroatoms. The summed E-state index contributed by atoms with van der Waals surface area (Å²) in [6.07, 6.45) is -0.134. The van der Waals surface area contributed by atoms with Crippen LogP contribution < -0.4 is 4.74 Å². The number of carbonyl (C=O) groups is 1. The van der Waals surface area contributed by atoms with Gasteiger partial charge in [0.05, 0.1) is 36.2 Å². The van der Waals surface area contributed by atoms with Gasteiger partial charge >= 0.3 is 12.1 Å². The monoisotopic (exact) mass is 571 g/mol. The van der Waals surface area contributed by atoms with Crippen LogP contribution in [0.5, 0.6) is 5.75 Å². The lowest BCUT2D eigenvalue weighted by Crippen LogP contribution is -2.27. The fraction of sp³-hybridized carbons (Fsp3) is 0.286. The van der Waals surface area contributed by atoms with Gasteiger partial charge in [0.2, 0.25) is 6.04 Å². The minimum atomic E-state index is -4.70. The van der Waals surface area contributed by atoms with E-state index in [9.17, 15) is 27.5 Å². The highest BCUT2D eigenvalue weighted by Gasteiger charge is 2.41. The molecule has 2 atom stereocenters. The Hall–Kier alpha value is -4.52. The number of carboxylic acid groups (broad SMARTS) is 1. The van der Waals surface area contributed by atoms with Crippen molar-refractivity contribution in [3.63, 3.8) is 0 Å². The van der Waals surface area contributed by atoms with Gasteiger partial charge in [-0.25, -0.2) is 23.8 Å². The van der Waals surface area contributed by atoms with Gasteiger partial charge in [-0.2, -0.15) is 18.3 Å². The Kier molecular flexibility index (Phi) is 7.63. The molecule has 0 saturated carbocycles. The number of benzene rings is 2. The summed E-state index contributed by atoms with van der Waals surface area (Å²) in [6.45, 7) is 3.93. The minimum absolute atomic E-state index is 0.0797. The summed E-state index contributed by atoms with van der Waals surface area (Å²) in [5.41, 5.74) is -0.318.